The molecule has 0 N–H and O–H groups in total. The summed E-state index contributed by atoms with van der Waals surface area (Å²) in [7, 11) is 1.47. The van der Waals surface area contributed by atoms with Gasteiger partial charge in [-0.05, 0) is 25.0 Å². The highest BCUT2D eigenvalue weighted by Gasteiger charge is 2.24. The van der Waals surface area contributed by atoms with Gasteiger partial charge in [0.25, 0.3) is 0 Å². The number of hydrogen-bond donors (Lipinski definition) is 0. The van der Waals surface area contributed by atoms with Gasteiger partial charge in [-0.25, -0.2) is 4.39 Å². The predicted molar refractivity (Wildman–Crippen MR) is 60.8 cm³/mol. The first-order valence-electron chi connectivity index (χ1n) is 5.68. The van der Waals surface area contributed by atoms with Gasteiger partial charge in [0.2, 0.25) is 0 Å². The lowest BCUT2D eigenvalue weighted by Crippen LogP contribution is -2.24. The average Bonchev–Trinajstić information content (AvgIpc) is 2.39. The van der Waals surface area contributed by atoms with Crippen LogP contribution in [0.5, 0.6) is 5.75 Å². The number of ether oxygens (including phenoxy) is 2. The quantitative estimate of drug-likeness (QED) is 0.759. The van der Waals surface area contributed by atoms with Crippen LogP contribution in [-0.4, -0.2) is 26.1 Å². The average molecular weight is 238 g/mol. The van der Waals surface area contributed by atoms with Crippen molar-refractivity contribution in [2.45, 2.75) is 12.8 Å². The summed E-state index contributed by atoms with van der Waals surface area (Å²) in [5.74, 6) is -0.341. The topological polar surface area (TPSA) is 35.5 Å². The van der Waals surface area contributed by atoms with Crippen LogP contribution in [0.2, 0.25) is 0 Å². The molecule has 1 aliphatic rings. The van der Waals surface area contributed by atoms with Gasteiger partial charge in [0.15, 0.2) is 5.78 Å². The van der Waals surface area contributed by atoms with E-state index in [1.807, 2.05) is 0 Å². The third-order valence-electron chi connectivity index (χ3n) is 3.03. The normalized spacial score (nSPS) is 16.8. The highest BCUT2D eigenvalue weighted by atomic mass is 19.1. The van der Waals surface area contributed by atoms with Gasteiger partial charge in [0, 0.05) is 25.2 Å². The van der Waals surface area contributed by atoms with E-state index >= 15 is 0 Å². The second kappa shape index (κ2) is 5.27. The predicted octanol–water partition coefficient (Wildman–Crippen LogP) is 2.44. The zero-order valence-corrected chi connectivity index (χ0v) is 9.74. The van der Waals surface area contributed by atoms with Crippen LogP contribution >= 0.6 is 0 Å². The van der Waals surface area contributed by atoms with E-state index in [0.717, 1.165) is 0 Å². The van der Waals surface area contributed by atoms with Crippen LogP contribution in [0.25, 0.3) is 0 Å². The summed E-state index contributed by atoms with van der Waals surface area (Å²) in [6, 6.07) is 4.34. The monoisotopic (exact) mass is 238 g/mol. The first-order chi connectivity index (χ1) is 8.22. The van der Waals surface area contributed by atoms with Gasteiger partial charge in [-0.2, -0.15) is 0 Å². The van der Waals surface area contributed by atoms with E-state index in [1.165, 1.54) is 19.2 Å². The van der Waals surface area contributed by atoms with Crippen LogP contribution in [0.3, 0.4) is 0 Å². The van der Waals surface area contributed by atoms with Gasteiger partial charge in [-0.1, -0.05) is 0 Å². The molecule has 0 atom stereocenters. The van der Waals surface area contributed by atoms with E-state index in [-0.39, 0.29) is 17.3 Å². The van der Waals surface area contributed by atoms with E-state index in [0.29, 0.717) is 31.8 Å². The molecule has 0 spiro atoms. The molecule has 1 fully saturated rings. The third-order valence-corrected chi connectivity index (χ3v) is 3.03. The molecule has 0 aliphatic carbocycles. The molecular formula is C13H15FO3. The van der Waals surface area contributed by atoms with Crippen molar-refractivity contribution in [1.29, 1.82) is 0 Å². The first kappa shape index (κ1) is 12.0. The molecule has 1 heterocycles. The highest BCUT2D eigenvalue weighted by molar-refractivity contribution is 5.98. The molecule has 0 radical (unpaired) electrons. The van der Waals surface area contributed by atoms with E-state index in [1.54, 1.807) is 6.07 Å². The van der Waals surface area contributed by atoms with Crippen molar-refractivity contribution in [3.8, 4) is 5.75 Å². The number of benzene rings is 1. The van der Waals surface area contributed by atoms with Gasteiger partial charge in [0.05, 0.1) is 12.7 Å². The summed E-state index contributed by atoms with van der Waals surface area (Å²) < 4.78 is 23.8. The highest BCUT2D eigenvalue weighted by Crippen LogP contribution is 2.23. The van der Waals surface area contributed by atoms with E-state index in [4.69, 9.17) is 9.47 Å². The zero-order valence-electron chi connectivity index (χ0n) is 9.74. The molecule has 2 rings (SSSR count). The molecule has 4 heteroatoms. The van der Waals surface area contributed by atoms with Crippen LogP contribution < -0.4 is 4.74 Å². The molecule has 0 saturated carbocycles. The summed E-state index contributed by atoms with van der Waals surface area (Å²) in [6.45, 7) is 1.16. The molecule has 1 aliphatic heterocycles. The van der Waals surface area contributed by atoms with Gasteiger partial charge >= 0.3 is 0 Å². The Hall–Kier alpha value is -1.42. The van der Waals surface area contributed by atoms with E-state index < -0.39 is 5.82 Å². The molecule has 0 unspecified atom stereocenters. The maximum absolute atomic E-state index is 13.7. The Bertz CT molecular complexity index is 411. The fraction of sp³-hybridized carbons (Fsp3) is 0.462. The van der Waals surface area contributed by atoms with Crippen molar-refractivity contribution in [2.75, 3.05) is 20.3 Å². The molecule has 0 bridgehead atoms. The number of rotatable bonds is 3. The van der Waals surface area contributed by atoms with Crippen LogP contribution in [0.15, 0.2) is 18.2 Å². The van der Waals surface area contributed by atoms with Crippen LogP contribution in [0.1, 0.15) is 23.2 Å². The van der Waals surface area contributed by atoms with Crippen molar-refractivity contribution < 1.29 is 18.7 Å². The number of Topliss-reactive ketones (excluding diaryl/α,β-unsaturated/α-hetero) is 1. The van der Waals surface area contributed by atoms with Crippen LogP contribution in [0, 0.1) is 11.7 Å². The number of ketones is 1. The molecule has 1 saturated heterocycles. The first-order valence-corrected chi connectivity index (χ1v) is 5.68. The summed E-state index contributed by atoms with van der Waals surface area (Å²) in [4.78, 5) is 12.1. The Morgan fingerprint density at radius 2 is 2.12 bits per heavy atom. The zero-order chi connectivity index (χ0) is 12.3. The number of carbonyl (C=O) groups is 1. The van der Waals surface area contributed by atoms with Gasteiger partial charge < -0.3 is 9.47 Å². The van der Waals surface area contributed by atoms with Gasteiger partial charge in [-0.15, -0.1) is 0 Å². The lowest BCUT2D eigenvalue weighted by molar-refractivity contribution is 0.0542. The fourth-order valence-electron chi connectivity index (χ4n) is 2.00. The van der Waals surface area contributed by atoms with Crippen molar-refractivity contribution >= 4 is 5.78 Å². The maximum atomic E-state index is 13.7. The Morgan fingerprint density at radius 3 is 2.71 bits per heavy atom. The summed E-state index contributed by atoms with van der Waals surface area (Å²) in [5, 5.41) is 0. The molecule has 92 valence electrons. The summed E-state index contributed by atoms with van der Waals surface area (Å²) in [6.07, 6.45) is 1.34. The molecule has 1 aromatic carbocycles. The summed E-state index contributed by atoms with van der Waals surface area (Å²) in [5.41, 5.74) is 0.151. The van der Waals surface area contributed by atoms with Crippen molar-refractivity contribution in [1.82, 2.24) is 0 Å². The Kier molecular flexibility index (Phi) is 3.74. The second-order valence-electron chi connectivity index (χ2n) is 4.10. The third kappa shape index (κ3) is 2.64. The largest absolute Gasteiger partial charge is 0.497 e. The standard InChI is InChI=1S/C13H15FO3/c1-16-10-2-3-11(12(14)8-10)13(15)9-4-6-17-7-5-9/h2-3,8-9H,4-7H2,1H3. The van der Waals surface area contributed by atoms with Gasteiger partial charge in [-0.3, -0.25) is 4.79 Å². The summed E-state index contributed by atoms with van der Waals surface area (Å²) >= 11 is 0. The minimum absolute atomic E-state index is 0.119. The fourth-order valence-corrected chi connectivity index (χ4v) is 2.00. The lowest BCUT2D eigenvalue weighted by Gasteiger charge is -2.21. The van der Waals surface area contributed by atoms with Crippen molar-refractivity contribution in [3.63, 3.8) is 0 Å². The van der Waals surface area contributed by atoms with E-state index in [2.05, 4.69) is 0 Å². The second-order valence-corrected chi connectivity index (χ2v) is 4.10. The van der Waals surface area contributed by atoms with Crippen molar-refractivity contribution in [2.24, 2.45) is 5.92 Å². The number of halogens is 1. The van der Waals surface area contributed by atoms with Crippen LogP contribution in [0.4, 0.5) is 4.39 Å². The Balaban J connectivity index is 2.18. The lowest BCUT2D eigenvalue weighted by atomic mass is 9.91. The van der Waals surface area contributed by atoms with E-state index in [9.17, 15) is 9.18 Å². The molecule has 17 heavy (non-hydrogen) atoms. The minimum atomic E-state index is -0.513. The molecule has 1 aromatic rings. The molecular weight excluding hydrogens is 223 g/mol. The van der Waals surface area contributed by atoms with Crippen molar-refractivity contribution in [3.05, 3.63) is 29.6 Å². The number of hydrogen-bond acceptors (Lipinski definition) is 3. The number of methoxy groups -OCH3 is 1. The smallest absolute Gasteiger partial charge is 0.169 e. The maximum Gasteiger partial charge on any atom is 0.169 e. The number of carbonyl (C=O) groups excluding carboxylic acids is 1. The minimum Gasteiger partial charge on any atom is -0.497 e. The van der Waals surface area contributed by atoms with Crippen LogP contribution in [-0.2, 0) is 4.74 Å². The molecule has 0 amide bonds. The van der Waals surface area contributed by atoms with Gasteiger partial charge in [0.1, 0.15) is 11.6 Å². The molecule has 3 nitrogen and oxygen atoms in total. The Morgan fingerprint density at radius 1 is 1.41 bits per heavy atom. The SMILES string of the molecule is COc1ccc(C(=O)C2CCOCC2)c(F)c1. The molecule has 0 aromatic heterocycles. The Labute approximate surface area is 99.5 Å².